The summed E-state index contributed by atoms with van der Waals surface area (Å²) >= 11 is 7.90. The first-order valence-corrected chi connectivity index (χ1v) is 6.58. The maximum atomic E-state index is 10.7. The Balaban J connectivity index is 2.49. The lowest BCUT2D eigenvalue weighted by Gasteiger charge is -2.29. The van der Waals surface area contributed by atoms with Crippen molar-refractivity contribution in [2.45, 2.75) is 31.1 Å². The highest BCUT2D eigenvalue weighted by atomic mass is 35.5. The molecule has 2 unspecified atom stereocenters. The van der Waals surface area contributed by atoms with E-state index in [1.807, 2.05) is 36.9 Å². The molecule has 0 radical (unpaired) electrons. The lowest BCUT2D eigenvalue weighted by Crippen LogP contribution is -2.32. The van der Waals surface area contributed by atoms with E-state index in [1.165, 1.54) is 0 Å². The van der Waals surface area contributed by atoms with E-state index in [-0.39, 0.29) is 5.25 Å². The Morgan fingerprint density at radius 2 is 2.27 bits per heavy atom. The van der Waals surface area contributed by atoms with E-state index in [0.717, 1.165) is 28.3 Å². The van der Waals surface area contributed by atoms with Crippen LogP contribution in [0.1, 0.15) is 24.5 Å². The normalized spacial score (nSPS) is 30.8. The Morgan fingerprint density at radius 1 is 1.53 bits per heavy atom. The molecule has 0 spiro atoms. The van der Waals surface area contributed by atoms with Gasteiger partial charge in [0.25, 0.3) is 0 Å². The van der Waals surface area contributed by atoms with Gasteiger partial charge in [-0.3, -0.25) is 0 Å². The van der Waals surface area contributed by atoms with Gasteiger partial charge in [0.2, 0.25) is 0 Å². The third-order valence-electron chi connectivity index (χ3n) is 3.26. The summed E-state index contributed by atoms with van der Waals surface area (Å²) in [4.78, 5) is 0. The Labute approximate surface area is 99.8 Å². The summed E-state index contributed by atoms with van der Waals surface area (Å²) in [5.74, 6) is 1.02. The van der Waals surface area contributed by atoms with Crippen molar-refractivity contribution in [2.24, 2.45) is 0 Å². The van der Waals surface area contributed by atoms with Crippen LogP contribution < -0.4 is 0 Å². The smallest absolute Gasteiger partial charge is 0.102 e. The summed E-state index contributed by atoms with van der Waals surface area (Å²) in [6, 6.07) is 5.78. The molecule has 1 aliphatic heterocycles. The van der Waals surface area contributed by atoms with Crippen LogP contribution in [0.3, 0.4) is 0 Å². The Bertz CT molecular complexity index is 380. The highest BCUT2D eigenvalue weighted by molar-refractivity contribution is 8.00. The number of halogens is 1. The fourth-order valence-corrected chi connectivity index (χ4v) is 3.64. The molecular weight excluding hydrogens is 228 g/mol. The van der Waals surface area contributed by atoms with Crippen LogP contribution in [0.2, 0.25) is 5.02 Å². The topological polar surface area (TPSA) is 20.2 Å². The van der Waals surface area contributed by atoms with Crippen LogP contribution in [0.4, 0.5) is 0 Å². The van der Waals surface area contributed by atoms with E-state index < -0.39 is 5.60 Å². The second-order valence-corrected chi connectivity index (χ2v) is 5.96. The molecule has 1 saturated heterocycles. The summed E-state index contributed by atoms with van der Waals surface area (Å²) < 4.78 is 0. The highest BCUT2D eigenvalue weighted by Crippen LogP contribution is 2.44. The van der Waals surface area contributed by atoms with Crippen LogP contribution in [0.15, 0.2) is 18.2 Å². The summed E-state index contributed by atoms with van der Waals surface area (Å²) in [6.07, 6.45) is 0.819. The van der Waals surface area contributed by atoms with E-state index >= 15 is 0 Å². The largest absolute Gasteiger partial charge is 0.384 e. The summed E-state index contributed by atoms with van der Waals surface area (Å²) in [5.41, 5.74) is 1.31. The Kier molecular flexibility index (Phi) is 3.02. The van der Waals surface area contributed by atoms with Crippen molar-refractivity contribution >= 4 is 23.4 Å². The highest BCUT2D eigenvalue weighted by Gasteiger charge is 2.41. The molecule has 0 amide bonds. The zero-order chi connectivity index (χ0) is 11.1. The second kappa shape index (κ2) is 4.00. The fraction of sp³-hybridized carbons (Fsp3) is 0.500. The first-order valence-electron chi connectivity index (χ1n) is 5.15. The van der Waals surface area contributed by atoms with Gasteiger partial charge in [-0.15, -0.1) is 0 Å². The van der Waals surface area contributed by atoms with Crippen LogP contribution in [-0.4, -0.2) is 16.1 Å². The van der Waals surface area contributed by atoms with Crippen LogP contribution in [0, 0.1) is 6.92 Å². The third-order valence-corrected chi connectivity index (χ3v) is 5.00. The van der Waals surface area contributed by atoms with Crippen LogP contribution >= 0.6 is 23.4 Å². The first kappa shape index (κ1) is 11.3. The molecule has 1 aromatic rings. The Hall–Kier alpha value is -0.180. The molecule has 1 aromatic carbocycles. The minimum absolute atomic E-state index is 0.245. The molecule has 1 aliphatic rings. The van der Waals surface area contributed by atoms with Crippen molar-refractivity contribution in [3.63, 3.8) is 0 Å². The molecule has 0 saturated carbocycles. The zero-order valence-corrected chi connectivity index (χ0v) is 10.5. The summed E-state index contributed by atoms with van der Waals surface area (Å²) in [6.45, 7) is 4.06. The molecule has 1 N–H and O–H groups in total. The number of hydrogen-bond acceptors (Lipinski definition) is 2. The molecule has 1 heterocycles. The standard InChI is InChI=1S/C12H15ClOS/c1-8-10(4-3-5-11(8)13)12(14)6-7-15-9(12)2/h3-5,9,14H,6-7H2,1-2H3. The molecule has 1 fully saturated rings. The van der Waals surface area contributed by atoms with Gasteiger partial charge in [-0.2, -0.15) is 11.8 Å². The van der Waals surface area contributed by atoms with Gasteiger partial charge in [-0.05, 0) is 36.3 Å². The van der Waals surface area contributed by atoms with Gasteiger partial charge >= 0.3 is 0 Å². The van der Waals surface area contributed by atoms with Gasteiger partial charge in [0.15, 0.2) is 0 Å². The van der Waals surface area contributed by atoms with E-state index in [2.05, 4.69) is 6.92 Å². The average Bonchev–Trinajstić information content (AvgIpc) is 2.53. The fourth-order valence-electron chi connectivity index (χ4n) is 2.16. The van der Waals surface area contributed by atoms with E-state index in [4.69, 9.17) is 11.6 Å². The van der Waals surface area contributed by atoms with Crippen LogP contribution in [-0.2, 0) is 5.60 Å². The maximum Gasteiger partial charge on any atom is 0.102 e. The zero-order valence-electron chi connectivity index (χ0n) is 8.96. The molecule has 15 heavy (non-hydrogen) atoms. The first-order chi connectivity index (χ1) is 7.05. The predicted molar refractivity (Wildman–Crippen MR) is 66.6 cm³/mol. The van der Waals surface area contributed by atoms with Crippen molar-refractivity contribution in [3.8, 4) is 0 Å². The number of hydrogen-bond donors (Lipinski definition) is 1. The second-order valence-electron chi connectivity index (χ2n) is 4.10. The molecule has 0 aromatic heterocycles. The summed E-state index contributed by atoms with van der Waals surface area (Å²) in [7, 11) is 0. The monoisotopic (exact) mass is 242 g/mol. The minimum atomic E-state index is -0.695. The molecule has 0 aliphatic carbocycles. The average molecular weight is 243 g/mol. The molecule has 3 heteroatoms. The number of thioether (sulfide) groups is 1. The van der Waals surface area contributed by atoms with Gasteiger partial charge < -0.3 is 5.11 Å². The van der Waals surface area contributed by atoms with Crippen LogP contribution in [0.5, 0.6) is 0 Å². The Morgan fingerprint density at radius 3 is 2.87 bits per heavy atom. The maximum absolute atomic E-state index is 10.7. The molecule has 2 atom stereocenters. The van der Waals surface area contributed by atoms with Crippen molar-refractivity contribution < 1.29 is 5.11 Å². The van der Waals surface area contributed by atoms with Crippen molar-refractivity contribution in [1.29, 1.82) is 0 Å². The number of aliphatic hydroxyl groups is 1. The van der Waals surface area contributed by atoms with Crippen molar-refractivity contribution in [3.05, 3.63) is 34.3 Å². The lowest BCUT2D eigenvalue weighted by molar-refractivity contribution is 0.0421. The van der Waals surface area contributed by atoms with Gasteiger partial charge in [0, 0.05) is 10.3 Å². The van der Waals surface area contributed by atoms with Crippen molar-refractivity contribution in [1.82, 2.24) is 0 Å². The quantitative estimate of drug-likeness (QED) is 0.815. The molecule has 0 bridgehead atoms. The van der Waals surface area contributed by atoms with E-state index in [9.17, 15) is 5.11 Å². The van der Waals surface area contributed by atoms with Gasteiger partial charge in [-0.25, -0.2) is 0 Å². The SMILES string of the molecule is Cc1c(Cl)cccc1C1(O)CCSC1C. The van der Waals surface area contributed by atoms with Gasteiger partial charge in [0.05, 0.1) is 0 Å². The summed E-state index contributed by atoms with van der Waals surface area (Å²) in [5, 5.41) is 11.6. The molecule has 2 rings (SSSR count). The van der Waals surface area contributed by atoms with Gasteiger partial charge in [0.1, 0.15) is 5.60 Å². The lowest BCUT2D eigenvalue weighted by atomic mass is 9.86. The van der Waals surface area contributed by atoms with Crippen molar-refractivity contribution in [2.75, 3.05) is 5.75 Å². The molecule has 82 valence electrons. The molecule has 1 nitrogen and oxygen atoms in total. The van der Waals surface area contributed by atoms with E-state index in [1.54, 1.807) is 0 Å². The third kappa shape index (κ3) is 1.79. The minimum Gasteiger partial charge on any atom is -0.384 e. The predicted octanol–water partition coefficient (Wildman–Crippen LogP) is 3.36. The van der Waals surface area contributed by atoms with Gasteiger partial charge in [-0.1, -0.05) is 30.7 Å². The number of benzene rings is 1. The molecular formula is C12H15ClOS. The van der Waals surface area contributed by atoms with Crippen LogP contribution in [0.25, 0.3) is 0 Å². The van der Waals surface area contributed by atoms with E-state index in [0.29, 0.717) is 0 Å². The number of rotatable bonds is 1.